The molecule has 144 valence electrons. The molecule has 0 spiro atoms. The zero-order valence-electron chi connectivity index (χ0n) is 15.1. The minimum atomic E-state index is -0.736. The van der Waals surface area contributed by atoms with Crippen LogP contribution >= 0.6 is 11.6 Å². The Morgan fingerprint density at radius 2 is 1.74 bits per heavy atom. The molecule has 1 aromatic carbocycles. The van der Waals surface area contributed by atoms with Gasteiger partial charge in [-0.2, -0.15) is 0 Å². The maximum Gasteiger partial charge on any atom is 0.357 e. The first-order valence-corrected chi connectivity index (χ1v) is 8.20. The third-order valence-corrected chi connectivity index (χ3v) is 3.71. The van der Waals surface area contributed by atoms with Crippen molar-refractivity contribution in [1.29, 1.82) is 0 Å². The molecule has 2 aromatic rings. The molecule has 0 saturated heterocycles. The Morgan fingerprint density at radius 3 is 2.30 bits per heavy atom. The highest BCUT2D eigenvalue weighted by molar-refractivity contribution is 6.30. The lowest BCUT2D eigenvalue weighted by Crippen LogP contribution is -2.28. The lowest BCUT2D eigenvalue weighted by atomic mass is 10.1. The number of carbonyl (C=O) groups excluding carboxylic acids is 2. The maximum atomic E-state index is 11.9. The second kappa shape index (κ2) is 9.63. The molecule has 0 atom stereocenters. The molecule has 1 amide bonds. The topological polar surface area (TPSA) is 96.0 Å². The van der Waals surface area contributed by atoms with E-state index in [-0.39, 0.29) is 12.2 Å². The number of esters is 1. The van der Waals surface area contributed by atoms with Gasteiger partial charge in [0.15, 0.2) is 18.1 Å². The summed E-state index contributed by atoms with van der Waals surface area (Å²) in [6.45, 7) is -0.264. The standard InChI is InChI=1S/C18H19ClN2O6/c1-24-14-6-11(7-15(25-2)17(14)26-3)9-21-16(22)10-27-18(23)13-8-12(19)4-5-20-13/h4-8H,9-10H2,1-3H3,(H,21,22). The van der Waals surface area contributed by atoms with Crippen LogP contribution in [0.15, 0.2) is 30.5 Å². The molecule has 0 aliphatic heterocycles. The van der Waals surface area contributed by atoms with Crippen molar-refractivity contribution in [1.82, 2.24) is 10.3 Å². The quantitative estimate of drug-likeness (QED) is 0.686. The first-order chi connectivity index (χ1) is 13.0. The van der Waals surface area contributed by atoms with Gasteiger partial charge in [0.2, 0.25) is 5.75 Å². The Bertz CT molecular complexity index is 802. The van der Waals surface area contributed by atoms with Gasteiger partial charge in [0.25, 0.3) is 5.91 Å². The SMILES string of the molecule is COc1cc(CNC(=O)COC(=O)c2cc(Cl)ccn2)cc(OC)c1OC. The molecule has 1 N–H and O–H groups in total. The predicted octanol–water partition coefficient (Wildman–Crippen LogP) is 2.23. The summed E-state index contributed by atoms with van der Waals surface area (Å²) >= 11 is 5.78. The molecule has 1 aromatic heterocycles. The van der Waals surface area contributed by atoms with E-state index in [0.29, 0.717) is 22.3 Å². The number of rotatable bonds is 8. The van der Waals surface area contributed by atoms with Crippen LogP contribution in [-0.2, 0) is 16.1 Å². The van der Waals surface area contributed by atoms with Crippen molar-refractivity contribution in [3.8, 4) is 17.2 Å². The van der Waals surface area contributed by atoms with E-state index in [1.54, 1.807) is 12.1 Å². The van der Waals surface area contributed by atoms with E-state index < -0.39 is 18.5 Å². The number of nitrogens with one attached hydrogen (secondary N) is 1. The third kappa shape index (κ3) is 5.49. The number of halogens is 1. The molecule has 0 radical (unpaired) electrons. The number of methoxy groups -OCH3 is 3. The number of aromatic nitrogens is 1. The normalized spacial score (nSPS) is 10.1. The van der Waals surface area contributed by atoms with Crippen molar-refractivity contribution in [2.45, 2.75) is 6.54 Å². The smallest absolute Gasteiger partial charge is 0.357 e. The molecule has 0 aliphatic rings. The fraction of sp³-hybridized carbons (Fsp3) is 0.278. The number of ether oxygens (including phenoxy) is 4. The second-order valence-corrected chi connectivity index (χ2v) is 5.68. The summed E-state index contributed by atoms with van der Waals surface area (Å²) in [7, 11) is 4.51. The van der Waals surface area contributed by atoms with E-state index in [1.165, 1.54) is 39.7 Å². The van der Waals surface area contributed by atoms with Crippen LogP contribution in [0, 0.1) is 0 Å². The Morgan fingerprint density at radius 1 is 1.07 bits per heavy atom. The highest BCUT2D eigenvalue weighted by atomic mass is 35.5. The molecular weight excluding hydrogens is 376 g/mol. The number of hydrogen-bond acceptors (Lipinski definition) is 7. The van der Waals surface area contributed by atoms with E-state index in [4.69, 9.17) is 30.5 Å². The minimum absolute atomic E-state index is 0.0277. The van der Waals surface area contributed by atoms with Gasteiger partial charge in [-0.05, 0) is 29.8 Å². The number of amides is 1. The third-order valence-electron chi connectivity index (χ3n) is 3.48. The number of nitrogens with zero attached hydrogens (tertiary/aromatic N) is 1. The number of pyridine rings is 1. The van der Waals surface area contributed by atoms with E-state index in [0.717, 1.165) is 5.56 Å². The van der Waals surface area contributed by atoms with E-state index in [1.807, 2.05) is 0 Å². The van der Waals surface area contributed by atoms with Gasteiger partial charge < -0.3 is 24.3 Å². The molecule has 9 heteroatoms. The summed E-state index contributed by atoms with van der Waals surface area (Å²) in [6, 6.07) is 6.31. The van der Waals surface area contributed by atoms with Crippen LogP contribution in [0.3, 0.4) is 0 Å². The highest BCUT2D eigenvalue weighted by Gasteiger charge is 2.15. The summed E-state index contributed by atoms with van der Waals surface area (Å²) in [4.78, 5) is 27.6. The van der Waals surface area contributed by atoms with Crippen LogP contribution in [0.25, 0.3) is 0 Å². The molecule has 0 fully saturated rings. The van der Waals surface area contributed by atoms with Gasteiger partial charge in [0, 0.05) is 17.8 Å². The van der Waals surface area contributed by atoms with Gasteiger partial charge in [-0.15, -0.1) is 0 Å². The van der Waals surface area contributed by atoms with Crippen LogP contribution in [0.2, 0.25) is 5.02 Å². The van der Waals surface area contributed by atoms with Crippen molar-refractivity contribution in [2.24, 2.45) is 0 Å². The summed E-state index contributed by atoms with van der Waals surface area (Å²) in [5.41, 5.74) is 0.751. The Labute approximate surface area is 161 Å². The average molecular weight is 395 g/mol. The van der Waals surface area contributed by atoms with Crippen molar-refractivity contribution in [3.05, 3.63) is 46.7 Å². The van der Waals surface area contributed by atoms with E-state index in [9.17, 15) is 9.59 Å². The molecule has 0 bridgehead atoms. The molecule has 27 heavy (non-hydrogen) atoms. The van der Waals surface area contributed by atoms with Crippen molar-refractivity contribution < 1.29 is 28.5 Å². The summed E-state index contributed by atoms with van der Waals surface area (Å²) in [5, 5.41) is 2.99. The van der Waals surface area contributed by atoms with Crippen LogP contribution < -0.4 is 19.5 Å². The lowest BCUT2D eigenvalue weighted by Gasteiger charge is -2.14. The van der Waals surface area contributed by atoms with Crippen LogP contribution in [0.5, 0.6) is 17.2 Å². The molecule has 0 aliphatic carbocycles. The summed E-state index contributed by atoms with van der Waals surface area (Å²) in [6.07, 6.45) is 1.38. The minimum Gasteiger partial charge on any atom is -0.493 e. The molecule has 1 heterocycles. The number of benzene rings is 1. The summed E-state index contributed by atoms with van der Waals surface area (Å²) < 4.78 is 20.7. The van der Waals surface area contributed by atoms with Gasteiger partial charge in [-0.25, -0.2) is 9.78 Å². The predicted molar refractivity (Wildman–Crippen MR) is 97.5 cm³/mol. The van der Waals surface area contributed by atoms with Gasteiger partial charge in [-0.1, -0.05) is 11.6 Å². The first kappa shape index (κ1) is 20.3. The monoisotopic (exact) mass is 394 g/mol. The summed E-state index contributed by atoms with van der Waals surface area (Å²) in [5.74, 6) is 0.191. The fourth-order valence-electron chi connectivity index (χ4n) is 2.21. The van der Waals surface area contributed by atoms with Crippen LogP contribution in [0.1, 0.15) is 16.1 Å². The molecule has 8 nitrogen and oxygen atoms in total. The van der Waals surface area contributed by atoms with Crippen molar-refractivity contribution >= 4 is 23.5 Å². The lowest BCUT2D eigenvalue weighted by molar-refractivity contribution is -0.124. The second-order valence-electron chi connectivity index (χ2n) is 5.25. The Balaban J connectivity index is 1.92. The Hall–Kier alpha value is -3.00. The largest absolute Gasteiger partial charge is 0.493 e. The van der Waals surface area contributed by atoms with Gasteiger partial charge in [0.1, 0.15) is 5.69 Å². The van der Waals surface area contributed by atoms with Gasteiger partial charge in [0.05, 0.1) is 21.3 Å². The zero-order chi connectivity index (χ0) is 19.8. The molecule has 0 saturated carbocycles. The molecule has 2 rings (SSSR count). The number of carbonyl (C=O) groups is 2. The highest BCUT2D eigenvalue weighted by Crippen LogP contribution is 2.38. The van der Waals surface area contributed by atoms with Crippen molar-refractivity contribution in [3.63, 3.8) is 0 Å². The van der Waals surface area contributed by atoms with E-state index >= 15 is 0 Å². The van der Waals surface area contributed by atoms with Gasteiger partial charge >= 0.3 is 5.97 Å². The maximum absolute atomic E-state index is 11.9. The average Bonchev–Trinajstić information content (AvgIpc) is 2.69. The van der Waals surface area contributed by atoms with Gasteiger partial charge in [-0.3, -0.25) is 4.79 Å². The zero-order valence-corrected chi connectivity index (χ0v) is 15.8. The van der Waals surface area contributed by atoms with Crippen LogP contribution in [0.4, 0.5) is 0 Å². The van der Waals surface area contributed by atoms with Crippen LogP contribution in [-0.4, -0.2) is 44.8 Å². The molecular formula is C18H19ClN2O6. The first-order valence-electron chi connectivity index (χ1n) is 7.82. The fourth-order valence-corrected chi connectivity index (χ4v) is 2.37. The van der Waals surface area contributed by atoms with E-state index in [2.05, 4.69) is 10.3 Å². The molecule has 0 unspecified atom stereocenters. The Kier molecular flexibility index (Phi) is 7.25. The van der Waals surface area contributed by atoms with Crippen molar-refractivity contribution in [2.75, 3.05) is 27.9 Å². The number of hydrogen-bond donors (Lipinski definition) is 1.